The zero-order valence-electron chi connectivity index (χ0n) is 11.2. The first kappa shape index (κ1) is 12.7. The van der Waals surface area contributed by atoms with Crippen LogP contribution in [0.15, 0.2) is 22.7 Å². The molecule has 98 valence electrons. The lowest BCUT2D eigenvalue weighted by Gasteiger charge is -2.15. The smallest absolute Gasteiger partial charge is 0.162 e. The minimum absolute atomic E-state index is 0.0623. The van der Waals surface area contributed by atoms with Crippen LogP contribution in [-0.2, 0) is 13.5 Å². The predicted molar refractivity (Wildman–Crippen MR) is 68.7 cm³/mol. The van der Waals surface area contributed by atoms with Crippen molar-refractivity contribution in [3.05, 3.63) is 35.5 Å². The molecule has 18 heavy (non-hydrogen) atoms. The van der Waals surface area contributed by atoms with Crippen LogP contribution in [0.4, 0.5) is 0 Å². The van der Waals surface area contributed by atoms with Crippen molar-refractivity contribution < 1.29 is 9.15 Å². The maximum atomic E-state index is 5.80. The van der Waals surface area contributed by atoms with Crippen LogP contribution in [0.2, 0.25) is 0 Å². The monoisotopic (exact) mass is 249 g/mol. The number of rotatable bonds is 5. The highest BCUT2D eigenvalue weighted by atomic mass is 16.5. The Morgan fingerprint density at radius 2 is 2.28 bits per heavy atom. The molecule has 2 rings (SSSR count). The minimum atomic E-state index is -0.0623. The average Bonchev–Trinajstić information content (AvgIpc) is 2.99. The highest BCUT2D eigenvalue weighted by Crippen LogP contribution is 2.30. The molecule has 0 aromatic carbocycles. The third kappa shape index (κ3) is 2.13. The van der Waals surface area contributed by atoms with E-state index in [2.05, 4.69) is 17.3 Å². The number of ether oxygens (including phenoxy) is 1. The molecule has 0 saturated heterocycles. The number of aryl methyl sites for hydroxylation is 2. The Morgan fingerprint density at radius 1 is 1.50 bits per heavy atom. The van der Waals surface area contributed by atoms with E-state index in [-0.39, 0.29) is 6.04 Å². The molecule has 1 unspecified atom stereocenters. The normalized spacial score (nSPS) is 12.7. The van der Waals surface area contributed by atoms with E-state index >= 15 is 0 Å². The summed E-state index contributed by atoms with van der Waals surface area (Å²) in [5.74, 6) is 2.61. The average molecular weight is 249 g/mol. The maximum absolute atomic E-state index is 5.80. The van der Waals surface area contributed by atoms with E-state index in [1.165, 1.54) is 0 Å². The number of furan rings is 1. The van der Waals surface area contributed by atoms with E-state index in [1.54, 1.807) is 18.0 Å². The van der Waals surface area contributed by atoms with Gasteiger partial charge in [0.05, 0.1) is 13.3 Å². The lowest BCUT2D eigenvalue weighted by Crippen LogP contribution is -2.20. The molecule has 2 aromatic rings. The largest absolute Gasteiger partial charge is 0.493 e. The van der Waals surface area contributed by atoms with Gasteiger partial charge < -0.3 is 14.5 Å². The molecule has 0 amide bonds. The number of hydrogen-bond donors (Lipinski definition) is 1. The molecule has 0 aliphatic carbocycles. The van der Waals surface area contributed by atoms with Crippen LogP contribution in [0.5, 0.6) is 5.75 Å². The molecule has 0 bridgehead atoms. The summed E-state index contributed by atoms with van der Waals surface area (Å²) in [6.45, 7) is 2.07. The van der Waals surface area contributed by atoms with Gasteiger partial charge in [0.25, 0.3) is 0 Å². The van der Waals surface area contributed by atoms with Crippen molar-refractivity contribution in [2.24, 2.45) is 7.05 Å². The third-order valence-corrected chi connectivity index (χ3v) is 3.05. The highest BCUT2D eigenvalue weighted by molar-refractivity contribution is 5.33. The maximum Gasteiger partial charge on any atom is 0.162 e. The summed E-state index contributed by atoms with van der Waals surface area (Å²) in [7, 11) is 5.43. The van der Waals surface area contributed by atoms with Crippen molar-refractivity contribution >= 4 is 0 Å². The fourth-order valence-corrected chi connectivity index (χ4v) is 2.07. The first-order valence-electron chi connectivity index (χ1n) is 6.03. The molecule has 2 heterocycles. The third-order valence-electron chi connectivity index (χ3n) is 3.05. The van der Waals surface area contributed by atoms with Gasteiger partial charge in [0.2, 0.25) is 0 Å². The second kappa shape index (κ2) is 5.27. The van der Waals surface area contributed by atoms with Crippen molar-refractivity contribution in [3.8, 4) is 5.75 Å². The van der Waals surface area contributed by atoms with Gasteiger partial charge in [-0.2, -0.15) is 5.10 Å². The summed E-state index contributed by atoms with van der Waals surface area (Å²) in [5.41, 5.74) is 0.956. The lowest BCUT2D eigenvalue weighted by molar-refractivity contribution is 0.386. The molecule has 2 aromatic heterocycles. The SMILES string of the molecule is CCc1ccc(C(NC)c2c(OC)cnn2C)o1. The summed E-state index contributed by atoms with van der Waals surface area (Å²) in [4.78, 5) is 0. The Kier molecular flexibility index (Phi) is 3.72. The Bertz CT molecular complexity index is 516. The van der Waals surface area contributed by atoms with Crippen LogP contribution in [0, 0.1) is 0 Å². The van der Waals surface area contributed by atoms with E-state index in [9.17, 15) is 0 Å². The van der Waals surface area contributed by atoms with Gasteiger partial charge in [-0.25, -0.2) is 0 Å². The van der Waals surface area contributed by atoms with Crippen LogP contribution in [0.3, 0.4) is 0 Å². The van der Waals surface area contributed by atoms with E-state index in [4.69, 9.17) is 9.15 Å². The summed E-state index contributed by atoms with van der Waals surface area (Å²) in [6, 6.07) is 3.93. The lowest BCUT2D eigenvalue weighted by atomic mass is 10.1. The molecule has 5 nitrogen and oxygen atoms in total. The molecule has 1 atom stereocenters. The van der Waals surface area contributed by atoms with Gasteiger partial charge in [-0.05, 0) is 19.2 Å². The molecule has 0 radical (unpaired) electrons. The van der Waals surface area contributed by atoms with Gasteiger partial charge in [-0.15, -0.1) is 0 Å². The molecular formula is C13H19N3O2. The number of hydrogen-bond acceptors (Lipinski definition) is 4. The van der Waals surface area contributed by atoms with Crippen LogP contribution in [-0.4, -0.2) is 23.9 Å². The van der Waals surface area contributed by atoms with Gasteiger partial charge in [0.15, 0.2) is 5.75 Å². The predicted octanol–water partition coefficient (Wildman–Crippen LogP) is 1.89. The zero-order valence-corrected chi connectivity index (χ0v) is 11.2. The highest BCUT2D eigenvalue weighted by Gasteiger charge is 2.23. The first-order valence-corrected chi connectivity index (χ1v) is 6.03. The van der Waals surface area contributed by atoms with Gasteiger partial charge in [-0.1, -0.05) is 6.92 Å². The Labute approximate surface area is 107 Å². The van der Waals surface area contributed by atoms with Crippen molar-refractivity contribution in [3.63, 3.8) is 0 Å². The van der Waals surface area contributed by atoms with E-state index in [0.717, 1.165) is 29.4 Å². The van der Waals surface area contributed by atoms with Gasteiger partial charge in [0.1, 0.15) is 23.3 Å². The molecule has 1 N–H and O–H groups in total. The Hall–Kier alpha value is -1.75. The molecule has 0 spiro atoms. The fourth-order valence-electron chi connectivity index (χ4n) is 2.07. The van der Waals surface area contributed by atoms with Crippen LogP contribution < -0.4 is 10.1 Å². The number of methoxy groups -OCH3 is 1. The minimum Gasteiger partial charge on any atom is -0.493 e. The molecular weight excluding hydrogens is 230 g/mol. The van der Waals surface area contributed by atoms with Gasteiger partial charge in [-0.3, -0.25) is 4.68 Å². The summed E-state index contributed by atoms with van der Waals surface area (Å²) in [5, 5.41) is 7.46. The van der Waals surface area contributed by atoms with Crippen LogP contribution in [0.1, 0.15) is 30.2 Å². The molecule has 0 aliphatic rings. The Balaban J connectivity index is 2.41. The van der Waals surface area contributed by atoms with Gasteiger partial charge >= 0.3 is 0 Å². The summed E-state index contributed by atoms with van der Waals surface area (Å²) in [6.07, 6.45) is 2.60. The molecule has 5 heteroatoms. The second-order valence-corrected chi connectivity index (χ2v) is 4.10. The standard InChI is InChI=1S/C13H19N3O2/c1-5-9-6-7-10(18-9)12(14-2)13-11(17-4)8-15-16(13)3/h6-8,12,14H,5H2,1-4H3. The number of aromatic nitrogens is 2. The quantitative estimate of drug-likeness (QED) is 0.879. The fraction of sp³-hybridized carbons (Fsp3) is 0.462. The van der Waals surface area contributed by atoms with Crippen LogP contribution >= 0.6 is 0 Å². The zero-order chi connectivity index (χ0) is 13.1. The van der Waals surface area contributed by atoms with E-state index in [1.807, 2.05) is 26.2 Å². The summed E-state index contributed by atoms with van der Waals surface area (Å²) < 4.78 is 12.9. The molecule has 0 fully saturated rings. The van der Waals surface area contributed by atoms with E-state index in [0.29, 0.717) is 0 Å². The molecule has 0 aliphatic heterocycles. The number of nitrogens with zero attached hydrogens (tertiary/aromatic N) is 2. The van der Waals surface area contributed by atoms with Crippen molar-refractivity contribution in [1.29, 1.82) is 0 Å². The number of nitrogens with one attached hydrogen (secondary N) is 1. The summed E-state index contributed by atoms with van der Waals surface area (Å²) >= 11 is 0. The van der Waals surface area contributed by atoms with Crippen molar-refractivity contribution in [2.75, 3.05) is 14.2 Å². The molecule has 0 saturated carbocycles. The van der Waals surface area contributed by atoms with Crippen molar-refractivity contribution in [1.82, 2.24) is 15.1 Å². The van der Waals surface area contributed by atoms with Crippen LogP contribution in [0.25, 0.3) is 0 Å². The van der Waals surface area contributed by atoms with Gasteiger partial charge in [0, 0.05) is 13.5 Å². The Morgan fingerprint density at radius 3 is 2.83 bits per heavy atom. The topological polar surface area (TPSA) is 52.2 Å². The first-order chi connectivity index (χ1) is 8.71. The second-order valence-electron chi connectivity index (χ2n) is 4.10. The van der Waals surface area contributed by atoms with Crippen molar-refractivity contribution in [2.45, 2.75) is 19.4 Å². The van der Waals surface area contributed by atoms with E-state index < -0.39 is 0 Å².